The van der Waals surface area contributed by atoms with E-state index in [9.17, 15) is 0 Å². The number of para-hydroxylation sites is 1. The molecule has 3 nitrogen and oxygen atoms in total. The lowest BCUT2D eigenvalue weighted by Crippen LogP contribution is -2.04. The Morgan fingerprint density at radius 1 is 1.05 bits per heavy atom. The fourth-order valence-electron chi connectivity index (χ4n) is 1.81. The molecule has 0 heterocycles. The van der Waals surface area contributed by atoms with Crippen molar-refractivity contribution < 1.29 is 9.47 Å². The molecule has 0 saturated heterocycles. The standard InChI is InChI=1S/C15H16ClNO2/c1-18-14-8-4-6-11(9-17)15(14)19-10-12-5-2-3-7-13(12)16/h2-8H,9-10,17H2,1H3. The van der Waals surface area contributed by atoms with Crippen LogP contribution in [0.2, 0.25) is 5.02 Å². The van der Waals surface area contributed by atoms with E-state index in [0.717, 1.165) is 11.1 Å². The Hall–Kier alpha value is -1.71. The number of halogens is 1. The van der Waals surface area contributed by atoms with E-state index in [-0.39, 0.29) is 0 Å². The fourth-order valence-corrected chi connectivity index (χ4v) is 2.00. The van der Waals surface area contributed by atoms with Crippen LogP contribution in [-0.4, -0.2) is 7.11 Å². The van der Waals surface area contributed by atoms with Gasteiger partial charge in [-0.3, -0.25) is 0 Å². The van der Waals surface area contributed by atoms with Gasteiger partial charge in [0, 0.05) is 22.7 Å². The first-order chi connectivity index (χ1) is 9.26. The van der Waals surface area contributed by atoms with Gasteiger partial charge >= 0.3 is 0 Å². The predicted molar refractivity (Wildman–Crippen MR) is 76.7 cm³/mol. The van der Waals surface area contributed by atoms with Crippen molar-refractivity contribution in [1.82, 2.24) is 0 Å². The lowest BCUT2D eigenvalue weighted by Gasteiger charge is -2.14. The van der Waals surface area contributed by atoms with E-state index in [0.29, 0.717) is 29.7 Å². The van der Waals surface area contributed by atoms with Gasteiger partial charge in [-0.15, -0.1) is 0 Å². The summed E-state index contributed by atoms with van der Waals surface area (Å²) in [6.07, 6.45) is 0. The van der Waals surface area contributed by atoms with Crippen molar-refractivity contribution in [3.05, 3.63) is 58.6 Å². The summed E-state index contributed by atoms with van der Waals surface area (Å²) in [6.45, 7) is 0.780. The molecule has 0 atom stereocenters. The molecule has 0 fully saturated rings. The summed E-state index contributed by atoms with van der Waals surface area (Å²) >= 11 is 6.10. The first-order valence-electron chi connectivity index (χ1n) is 5.98. The molecule has 0 spiro atoms. The summed E-state index contributed by atoms with van der Waals surface area (Å²) in [5, 5.41) is 0.687. The number of benzene rings is 2. The number of hydrogen-bond donors (Lipinski definition) is 1. The van der Waals surface area contributed by atoms with Crippen LogP contribution in [0.15, 0.2) is 42.5 Å². The van der Waals surface area contributed by atoms with Crippen LogP contribution in [0.3, 0.4) is 0 Å². The van der Waals surface area contributed by atoms with E-state index in [1.54, 1.807) is 7.11 Å². The van der Waals surface area contributed by atoms with Crippen molar-refractivity contribution in [2.45, 2.75) is 13.2 Å². The van der Waals surface area contributed by atoms with Crippen molar-refractivity contribution in [1.29, 1.82) is 0 Å². The molecule has 2 aromatic carbocycles. The highest BCUT2D eigenvalue weighted by molar-refractivity contribution is 6.31. The van der Waals surface area contributed by atoms with E-state index in [2.05, 4.69) is 0 Å². The topological polar surface area (TPSA) is 44.5 Å². The van der Waals surface area contributed by atoms with Crippen LogP contribution in [0.5, 0.6) is 11.5 Å². The molecule has 2 aromatic rings. The van der Waals surface area contributed by atoms with Gasteiger partial charge in [0.05, 0.1) is 7.11 Å². The molecular weight excluding hydrogens is 262 g/mol. The molecule has 0 aliphatic heterocycles. The molecular formula is C15H16ClNO2. The number of methoxy groups -OCH3 is 1. The maximum Gasteiger partial charge on any atom is 0.166 e. The van der Waals surface area contributed by atoms with E-state index >= 15 is 0 Å². The number of ether oxygens (including phenoxy) is 2. The molecule has 2 N–H and O–H groups in total. The lowest BCUT2D eigenvalue weighted by molar-refractivity contribution is 0.281. The summed E-state index contributed by atoms with van der Waals surface area (Å²) in [5.74, 6) is 1.35. The third-order valence-corrected chi connectivity index (χ3v) is 3.20. The van der Waals surface area contributed by atoms with Gasteiger partial charge < -0.3 is 15.2 Å². The molecule has 100 valence electrons. The first-order valence-corrected chi connectivity index (χ1v) is 6.36. The quantitative estimate of drug-likeness (QED) is 0.911. The van der Waals surface area contributed by atoms with Crippen LogP contribution in [0.1, 0.15) is 11.1 Å². The maximum atomic E-state index is 6.10. The van der Waals surface area contributed by atoms with Gasteiger partial charge in [0.1, 0.15) is 6.61 Å². The van der Waals surface area contributed by atoms with Gasteiger partial charge in [-0.1, -0.05) is 41.9 Å². The minimum Gasteiger partial charge on any atom is -0.493 e. The zero-order valence-corrected chi connectivity index (χ0v) is 11.5. The smallest absolute Gasteiger partial charge is 0.166 e. The maximum absolute atomic E-state index is 6.10. The van der Waals surface area contributed by atoms with Crippen molar-refractivity contribution in [3.63, 3.8) is 0 Å². The SMILES string of the molecule is COc1cccc(CN)c1OCc1ccccc1Cl. The van der Waals surface area contributed by atoms with Crippen LogP contribution in [0.4, 0.5) is 0 Å². The van der Waals surface area contributed by atoms with Gasteiger partial charge in [0.2, 0.25) is 0 Å². The van der Waals surface area contributed by atoms with Gasteiger partial charge in [-0.05, 0) is 12.1 Å². The molecule has 0 aliphatic rings. The monoisotopic (exact) mass is 277 g/mol. The average Bonchev–Trinajstić information content (AvgIpc) is 2.46. The molecule has 0 radical (unpaired) electrons. The molecule has 0 saturated carbocycles. The zero-order valence-electron chi connectivity index (χ0n) is 10.7. The molecule has 2 rings (SSSR count). The molecule has 19 heavy (non-hydrogen) atoms. The Labute approximate surface area is 117 Å². The van der Waals surface area contributed by atoms with E-state index in [4.69, 9.17) is 26.8 Å². The Kier molecular flexibility index (Phi) is 4.66. The number of rotatable bonds is 5. The highest BCUT2D eigenvalue weighted by atomic mass is 35.5. The second-order valence-electron chi connectivity index (χ2n) is 4.03. The third-order valence-electron chi connectivity index (χ3n) is 2.83. The van der Waals surface area contributed by atoms with E-state index < -0.39 is 0 Å². The number of nitrogens with two attached hydrogens (primary N) is 1. The summed E-state index contributed by atoms with van der Waals surface area (Å²) in [6, 6.07) is 13.2. The van der Waals surface area contributed by atoms with E-state index in [1.165, 1.54) is 0 Å². The van der Waals surface area contributed by atoms with Gasteiger partial charge in [-0.2, -0.15) is 0 Å². The van der Waals surface area contributed by atoms with Gasteiger partial charge in [0.15, 0.2) is 11.5 Å². The normalized spacial score (nSPS) is 10.3. The first kappa shape index (κ1) is 13.7. The predicted octanol–water partition coefficient (Wildman–Crippen LogP) is 3.39. The Balaban J connectivity index is 2.21. The summed E-state index contributed by atoms with van der Waals surface area (Å²) in [4.78, 5) is 0. The summed E-state index contributed by atoms with van der Waals surface area (Å²) in [5.41, 5.74) is 7.55. The Bertz CT molecular complexity index is 535. The van der Waals surface area contributed by atoms with Gasteiger partial charge in [-0.25, -0.2) is 0 Å². The average molecular weight is 278 g/mol. The van der Waals surface area contributed by atoms with Crippen LogP contribution in [0, 0.1) is 0 Å². The van der Waals surface area contributed by atoms with Crippen molar-refractivity contribution >= 4 is 11.6 Å². The molecule has 4 heteroatoms. The molecule has 0 aliphatic carbocycles. The Morgan fingerprint density at radius 2 is 1.79 bits per heavy atom. The van der Waals surface area contributed by atoms with Crippen molar-refractivity contribution in [2.24, 2.45) is 5.73 Å². The zero-order chi connectivity index (χ0) is 13.7. The highest BCUT2D eigenvalue weighted by Crippen LogP contribution is 2.32. The van der Waals surface area contributed by atoms with Crippen molar-refractivity contribution in [3.8, 4) is 11.5 Å². The number of hydrogen-bond acceptors (Lipinski definition) is 3. The second-order valence-corrected chi connectivity index (χ2v) is 4.44. The summed E-state index contributed by atoms with van der Waals surface area (Å²) < 4.78 is 11.1. The van der Waals surface area contributed by atoms with Crippen LogP contribution < -0.4 is 15.2 Å². The Morgan fingerprint density at radius 3 is 2.47 bits per heavy atom. The molecule has 0 bridgehead atoms. The molecule has 0 amide bonds. The molecule has 0 aromatic heterocycles. The fraction of sp³-hybridized carbons (Fsp3) is 0.200. The van der Waals surface area contributed by atoms with Gasteiger partial charge in [0.25, 0.3) is 0 Å². The lowest BCUT2D eigenvalue weighted by atomic mass is 10.2. The largest absolute Gasteiger partial charge is 0.493 e. The van der Waals surface area contributed by atoms with Crippen LogP contribution in [0.25, 0.3) is 0 Å². The van der Waals surface area contributed by atoms with Crippen LogP contribution >= 0.6 is 11.6 Å². The van der Waals surface area contributed by atoms with Crippen LogP contribution in [-0.2, 0) is 13.2 Å². The highest BCUT2D eigenvalue weighted by Gasteiger charge is 2.10. The van der Waals surface area contributed by atoms with E-state index in [1.807, 2.05) is 42.5 Å². The minimum absolute atomic E-state index is 0.382. The third kappa shape index (κ3) is 3.19. The minimum atomic E-state index is 0.382. The second kappa shape index (κ2) is 6.45. The summed E-state index contributed by atoms with van der Waals surface area (Å²) in [7, 11) is 1.61. The van der Waals surface area contributed by atoms with Crippen molar-refractivity contribution in [2.75, 3.05) is 7.11 Å². The molecule has 0 unspecified atom stereocenters.